The smallest absolute Gasteiger partial charge is 0.270 e. The van der Waals surface area contributed by atoms with Gasteiger partial charge in [0.1, 0.15) is 17.6 Å². The molecule has 5 rings (SSSR count). The molecule has 2 amide bonds. The van der Waals surface area contributed by atoms with E-state index >= 15 is 0 Å². The Hall–Kier alpha value is -3.52. The van der Waals surface area contributed by atoms with Crippen LogP contribution in [-0.4, -0.2) is 39.7 Å². The number of benzene rings is 1. The van der Waals surface area contributed by atoms with E-state index < -0.39 is 6.04 Å². The molecule has 8 heteroatoms. The maximum atomic E-state index is 13.2. The Labute approximate surface area is 192 Å². The van der Waals surface area contributed by atoms with Gasteiger partial charge in [-0.15, -0.1) is 0 Å². The minimum atomic E-state index is -0.656. The number of amides is 2. The van der Waals surface area contributed by atoms with E-state index in [1.165, 1.54) is 0 Å². The fourth-order valence-electron chi connectivity index (χ4n) is 4.50. The molecule has 2 aliphatic heterocycles. The molecule has 0 radical (unpaired) electrons. The Morgan fingerprint density at radius 3 is 2.82 bits per heavy atom. The number of carbonyl (C=O) groups is 2. The van der Waals surface area contributed by atoms with Crippen LogP contribution in [-0.2, 0) is 28.3 Å². The second kappa shape index (κ2) is 8.12. The summed E-state index contributed by atoms with van der Waals surface area (Å²) in [7, 11) is 1.71. The molecule has 3 aromatic rings. The largest absolute Gasteiger partial charge is 0.366 e. The van der Waals surface area contributed by atoms with Gasteiger partial charge in [0.05, 0.1) is 17.9 Å². The molecule has 0 spiro atoms. The highest BCUT2D eigenvalue weighted by atomic mass is 16.5. The molecule has 0 fully saturated rings. The average molecular weight is 446 g/mol. The Bertz CT molecular complexity index is 1220. The van der Waals surface area contributed by atoms with Crippen molar-refractivity contribution >= 4 is 17.6 Å². The molecule has 1 aromatic carbocycles. The Kier molecular flexibility index (Phi) is 5.25. The van der Waals surface area contributed by atoms with Crippen molar-refractivity contribution in [3.8, 4) is 11.3 Å². The number of hydrogen-bond donors (Lipinski definition) is 1. The number of aryl methyl sites for hydroxylation is 1. The van der Waals surface area contributed by atoms with Crippen molar-refractivity contribution in [2.24, 2.45) is 0 Å². The average Bonchev–Trinajstić information content (AvgIpc) is 3.40. The fraction of sp³-hybridized carbons (Fsp3) is 0.360. The number of anilines is 1. The molecule has 2 aliphatic rings. The van der Waals surface area contributed by atoms with E-state index in [2.05, 4.69) is 22.3 Å². The summed E-state index contributed by atoms with van der Waals surface area (Å²) in [5.74, 6) is 0.172. The number of likely N-dealkylation sites (N-methyl/N-ethyl adjacent to an activating group) is 1. The number of carbonyl (C=O) groups excluding carboxylic acids is 2. The molecular formula is C25H27N5O3. The lowest BCUT2D eigenvalue weighted by Gasteiger charge is -2.22. The van der Waals surface area contributed by atoms with Gasteiger partial charge in [-0.25, -0.2) is 4.68 Å². The van der Waals surface area contributed by atoms with Crippen LogP contribution in [0.5, 0.6) is 0 Å². The third-order valence-electron chi connectivity index (χ3n) is 6.75. The lowest BCUT2D eigenvalue weighted by atomic mass is 9.93. The first-order chi connectivity index (χ1) is 15.9. The van der Waals surface area contributed by atoms with E-state index in [4.69, 9.17) is 4.74 Å². The van der Waals surface area contributed by atoms with Gasteiger partial charge in [0.15, 0.2) is 0 Å². The van der Waals surface area contributed by atoms with Crippen LogP contribution in [0.4, 0.5) is 5.82 Å². The van der Waals surface area contributed by atoms with E-state index in [9.17, 15) is 9.59 Å². The number of ether oxygens (including phenoxy) is 1. The van der Waals surface area contributed by atoms with Crippen LogP contribution in [0.1, 0.15) is 48.3 Å². The quantitative estimate of drug-likeness (QED) is 0.666. The Balaban J connectivity index is 1.33. The highest BCUT2D eigenvalue weighted by Gasteiger charge is 2.35. The van der Waals surface area contributed by atoms with E-state index in [0.29, 0.717) is 31.1 Å². The molecule has 33 heavy (non-hydrogen) atoms. The number of hydrogen-bond acceptors (Lipinski definition) is 5. The SMILES string of the molecule is CC[C@@]1(C)OCc2cc(C(=O)NC3CCn4nc(-c5ccccc5)cc4N(C)C3=O)ncc21. The van der Waals surface area contributed by atoms with E-state index in [1.807, 2.05) is 48.0 Å². The van der Waals surface area contributed by atoms with Gasteiger partial charge < -0.3 is 10.1 Å². The molecule has 2 atom stereocenters. The van der Waals surface area contributed by atoms with E-state index in [1.54, 1.807) is 24.2 Å². The molecule has 170 valence electrons. The molecule has 8 nitrogen and oxygen atoms in total. The predicted octanol–water partition coefficient (Wildman–Crippen LogP) is 3.27. The van der Waals surface area contributed by atoms with Gasteiger partial charge in [0.2, 0.25) is 0 Å². The minimum absolute atomic E-state index is 0.176. The van der Waals surface area contributed by atoms with Gasteiger partial charge in [0, 0.05) is 37.0 Å². The summed E-state index contributed by atoms with van der Waals surface area (Å²) >= 11 is 0. The highest BCUT2D eigenvalue weighted by Crippen LogP contribution is 2.38. The van der Waals surface area contributed by atoms with Crippen molar-refractivity contribution in [3.63, 3.8) is 0 Å². The van der Waals surface area contributed by atoms with Gasteiger partial charge in [0.25, 0.3) is 11.8 Å². The maximum Gasteiger partial charge on any atom is 0.270 e. The van der Waals surface area contributed by atoms with Gasteiger partial charge in [-0.3, -0.25) is 19.5 Å². The van der Waals surface area contributed by atoms with Crippen molar-refractivity contribution in [3.05, 3.63) is 65.5 Å². The molecule has 2 aromatic heterocycles. The first-order valence-electron chi connectivity index (χ1n) is 11.2. The zero-order chi connectivity index (χ0) is 23.2. The third kappa shape index (κ3) is 3.70. The topological polar surface area (TPSA) is 89.4 Å². The molecular weight excluding hydrogens is 418 g/mol. The number of rotatable bonds is 4. The number of aromatic nitrogens is 3. The molecule has 0 saturated heterocycles. The number of nitrogens with zero attached hydrogens (tertiary/aromatic N) is 4. The molecule has 0 bridgehead atoms. The summed E-state index contributed by atoms with van der Waals surface area (Å²) < 4.78 is 7.74. The normalized spacial score (nSPS) is 22.0. The van der Waals surface area contributed by atoms with Crippen molar-refractivity contribution in [1.29, 1.82) is 0 Å². The van der Waals surface area contributed by atoms with Crippen molar-refractivity contribution < 1.29 is 14.3 Å². The second-order valence-electron chi connectivity index (χ2n) is 8.79. The summed E-state index contributed by atoms with van der Waals surface area (Å²) in [6.45, 7) is 5.08. The summed E-state index contributed by atoms with van der Waals surface area (Å²) in [5, 5.41) is 7.56. The number of fused-ring (bicyclic) bond motifs is 2. The van der Waals surface area contributed by atoms with Crippen LogP contribution in [0, 0.1) is 0 Å². The first-order valence-corrected chi connectivity index (χ1v) is 11.2. The Morgan fingerprint density at radius 2 is 2.06 bits per heavy atom. The van der Waals surface area contributed by atoms with E-state index in [0.717, 1.165) is 28.8 Å². The van der Waals surface area contributed by atoms with Gasteiger partial charge >= 0.3 is 0 Å². The van der Waals surface area contributed by atoms with Crippen LogP contribution >= 0.6 is 0 Å². The van der Waals surface area contributed by atoms with Crippen LogP contribution in [0.15, 0.2) is 48.7 Å². The Morgan fingerprint density at radius 1 is 1.27 bits per heavy atom. The number of nitrogens with one attached hydrogen (secondary N) is 1. The maximum absolute atomic E-state index is 13.2. The monoisotopic (exact) mass is 445 g/mol. The first kappa shape index (κ1) is 21.3. The molecule has 0 aliphatic carbocycles. The molecule has 1 unspecified atom stereocenters. The van der Waals surface area contributed by atoms with Crippen LogP contribution < -0.4 is 10.2 Å². The second-order valence-corrected chi connectivity index (χ2v) is 8.79. The third-order valence-corrected chi connectivity index (χ3v) is 6.75. The van der Waals surface area contributed by atoms with Crippen molar-refractivity contribution in [2.45, 2.75) is 51.5 Å². The van der Waals surface area contributed by atoms with Crippen LogP contribution in [0.2, 0.25) is 0 Å². The molecule has 1 N–H and O–H groups in total. The highest BCUT2D eigenvalue weighted by molar-refractivity contribution is 6.01. The lowest BCUT2D eigenvalue weighted by molar-refractivity contribution is -0.120. The summed E-state index contributed by atoms with van der Waals surface area (Å²) in [6, 6.07) is 12.9. The lowest BCUT2D eigenvalue weighted by Crippen LogP contribution is -2.47. The minimum Gasteiger partial charge on any atom is -0.366 e. The van der Waals surface area contributed by atoms with Crippen molar-refractivity contribution in [2.75, 3.05) is 11.9 Å². The zero-order valence-corrected chi connectivity index (χ0v) is 19.0. The van der Waals surface area contributed by atoms with Crippen LogP contribution in [0.3, 0.4) is 0 Å². The zero-order valence-electron chi connectivity index (χ0n) is 19.0. The van der Waals surface area contributed by atoms with E-state index in [-0.39, 0.29) is 17.4 Å². The van der Waals surface area contributed by atoms with Crippen LogP contribution in [0.25, 0.3) is 11.3 Å². The standard InChI is InChI=1S/C25H27N5O3/c1-4-25(2)18-14-26-21(12-17(18)15-33-25)23(31)27-19-10-11-30-22(29(3)24(19)32)13-20(28-30)16-8-6-5-7-9-16/h5-9,12-14,19H,4,10-11,15H2,1-3H3,(H,27,31)/t19?,25-/m1/s1. The fourth-order valence-corrected chi connectivity index (χ4v) is 4.50. The van der Waals surface area contributed by atoms with Crippen molar-refractivity contribution in [1.82, 2.24) is 20.1 Å². The van der Waals surface area contributed by atoms with Gasteiger partial charge in [-0.05, 0) is 31.4 Å². The summed E-state index contributed by atoms with van der Waals surface area (Å²) in [4.78, 5) is 32.0. The summed E-state index contributed by atoms with van der Waals surface area (Å²) in [5.41, 5.74) is 3.73. The molecule has 4 heterocycles. The van der Waals surface area contributed by atoms with Gasteiger partial charge in [-0.2, -0.15) is 5.10 Å². The molecule has 0 saturated carbocycles. The van der Waals surface area contributed by atoms with Gasteiger partial charge in [-0.1, -0.05) is 37.3 Å². The number of pyridine rings is 1. The predicted molar refractivity (Wildman–Crippen MR) is 124 cm³/mol. The summed E-state index contributed by atoms with van der Waals surface area (Å²) in [6.07, 6.45) is 3.00.